The van der Waals surface area contributed by atoms with Crippen LogP contribution < -0.4 is 0 Å². The van der Waals surface area contributed by atoms with Gasteiger partial charge in [-0.25, -0.2) is 4.98 Å². The molecule has 1 N–H and O–H groups in total. The van der Waals surface area contributed by atoms with Crippen molar-refractivity contribution in [2.45, 2.75) is 6.92 Å². The van der Waals surface area contributed by atoms with Crippen LogP contribution in [0.2, 0.25) is 0 Å². The molecule has 0 aliphatic carbocycles. The number of nitrogens with zero attached hydrogens (tertiary/aromatic N) is 2. The molecule has 2 heterocycles. The standard InChI is InChI=1S/C13H11N3/c1-9-8-14-7-6-10(9)13-15-11-4-2-3-5-12(11)16-13/h2-8H,1H3,(H,15,16). The Morgan fingerprint density at radius 3 is 2.81 bits per heavy atom. The number of hydrogen-bond donors (Lipinski definition) is 1. The smallest absolute Gasteiger partial charge is 0.138 e. The molecule has 0 saturated heterocycles. The number of fused-ring (bicyclic) bond motifs is 1. The van der Waals surface area contributed by atoms with Crippen molar-refractivity contribution >= 4 is 11.0 Å². The monoisotopic (exact) mass is 209 g/mol. The number of benzene rings is 1. The van der Waals surface area contributed by atoms with Crippen LogP contribution in [0.5, 0.6) is 0 Å². The molecule has 0 atom stereocenters. The van der Waals surface area contributed by atoms with Gasteiger partial charge in [0.15, 0.2) is 0 Å². The number of rotatable bonds is 1. The Labute approximate surface area is 93.2 Å². The van der Waals surface area contributed by atoms with E-state index in [-0.39, 0.29) is 0 Å². The van der Waals surface area contributed by atoms with Gasteiger partial charge >= 0.3 is 0 Å². The van der Waals surface area contributed by atoms with Crippen LogP contribution in [0.15, 0.2) is 42.7 Å². The summed E-state index contributed by atoms with van der Waals surface area (Å²) in [5.41, 5.74) is 4.29. The molecule has 0 fully saturated rings. The summed E-state index contributed by atoms with van der Waals surface area (Å²) in [5, 5.41) is 0. The van der Waals surface area contributed by atoms with Crippen molar-refractivity contribution in [1.29, 1.82) is 0 Å². The minimum Gasteiger partial charge on any atom is -0.338 e. The third-order valence-electron chi connectivity index (χ3n) is 2.66. The highest BCUT2D eigenvalue weighted by Gasteiger charge is 2.06. The lowest BCUT2D eigenvalue weighted by atomic mass is 10.1. The minimum absolute atomic E-state index is 0.904. The SMILES string of the molecule is Cc1cnccc1-c1nc2ccccc2[nH]1. The van der Waals surface area contributed by atoms with Crippen molar-refractivity contribution in [2.75, 3.05) is 0 Å². The van der Waals surface area contributed by atoms with Crippen LogP contribution in [0, 0.1) is 6.92 Å². The molecule has 3 heteroatoms. The quantitative estimate of drug-likeness (QED) is 0.669. The molecule has 0 spiro atoms. The van der Waals surface area contributed by atoms with Gasteiger partial charge in [0.25, 0.3) is 0 Å². The summed E-state index contributed by atoms with van der Waals surface area (Å²) in [7, 11) is 0. The zero-order valence-corrected chi connectivity index (χ0v) is 8.94. The number of pyridine rings is 1. The van der Waals surface area contributed by atoms with E-state index < -0.39 is 0 Å². The summed E-state index contributed by atoms with van der Waals surface area (Å²) in [5.74, 6) is 0.904. The van der Waals surface area contributed by atoms with E-state index in [1.54, 1.807) is 6.20 Å². The molecule has 16 heavy (non-hydrogen) atoms. The molecule has 0 radical (unpaired) electrons. The summed E-state index contributed by atoms with van der Waals surface area (Å²) in [6.07, 6.45) is 3.64. The number of hydrogen-bond acceptors (Lipinski definition) is 2. The first-order chi connectivity index (χ1) is 7.84. The third-order valence-corrected chi connectivity index (χ3v) is 2.66. The van der Waals surface area contributed by atoms with Crippen molar-refractivity contribution in [3.05, 3.63) is 48.3 Å². The Morgan fingerprint density at radius 1 is 1.12 bits per heavy atom. The lowest BCUT2D eigenvalue weighted by Crippen LogP contribution is -1.85. The Bertz CT molecular complexity index is 607. The first-order valence-electron chi connectivity index (χ1n) is 5.20. The minimum atomic E-state index is 0.904. The van der Waals surface area contributed by atoms with E-state index in [2.05, 4.69) is 15.0 Å². The molecule has 3 aromatic rings. The Kier molecular flexibility index (Phi) is 1.96. The first-order valence-corrected chi connectivity index (χ1v) is 5.20. The summed E-state index contributed by atoms with van der Waals surface area (Å²) in [4.78, 5) is 12.0. The summed E-state index contributed by atoms with van der Waals surface area (Å²) in [6, 6.07) is 10.0. The topological polar surface area (TPSA) is 41.6 Å². The molecular formula is C13H11N3. The normalized spacial score (nSPS) is 10.8. The number of aromatic nitrogens is 3. The maximum Gasteiger partial charge on any atom is 0.138 e. The van der Waals surface area contributed by atoms with Crippen LogP contribution >= 0.6 is 0 Å². The maximum absolute atomic E-state index is 4.56. The van der Waals surface area contributed by atoms with Crippen LogP contribution in [-0.4, -0.2) is 15.0 Å². The Balaban J connectivity index is 2.23. The predicted molar refractivity (Wildman–Crippen MR) is 64.1 cm³/mol. The van der Waals surface area contributed by atoms with Gasteiger partial charge in [0.05, 0.1) is 11.0 Å². The molecule has 1 aromatic carbocycles. The second-order valence-electron chi connectivity index (χ2n) is 3.79. The van der Waals surface area contributed by atoms with Crippen LogP contribution in [-0.2, 0) is 0 Å². The summed E-state index contributed by atoms with van der Waals surface area (Å²) >= 11 is 0. The van der Waals surface area contributed by atoms with E-state index in [1.807, 2.05) is 43.5 Å². The lowest BCUT2D eigenvalue weighted by Gasteiger charge is -1.99. The average Bonchev–Trinajstić information content (AvgIpc) is 2.73. The third kappa shape index (κ3) is 1.37. The van der Waals surface area contributed by atoms with E-state index in [0.717, 1.165) is 28.0 Å². The molecule has 3 nitrogen and oxygen atoms in total. The van der Waals surface area contributed by atoms with E-state index in [1.165, 1.54) is 0 Å². The summed E-state index contributed by atoms with van der Waals surface area (Å²) in [6.45, 7) is 2.04. The van der Waals surface area contributed by atoms with Crippen molar-refractivity contribution in [1.82, 2.24) is 15.0 Å². The number of aryl methyl sites for hydroxylation is 1. The number of aromatic amines is 1. The highest BCUT2D eigenvalue weighted by molar-refractivity contribution is 5.79. The first kappa shape index (κ1) is 9.09. The molecule has 2 aromatic heterocycles. The molecule has 78 valence electrons. The van der Waals surface area contributed by atoms with Gasteiger partial charge in [0, 0.05) is 18.0 Å². The largest absolute Gasteiger partial charge is 0.338 e. The van der Waals surface area contributed by atoms with Crippen molar-refractivity contribution in [3.63, 3.8) is 0 Å². The van der Waals surface area contributed by atoms with E-state index in [9.17, 15) is 0 Å². The Hall–Kier alpha value is -2.16. The van der Waals surface area contributed by atoms with Gasteiger partial charge in [0.2, 0.25) is 0 Å². The van der Waals surface area contributed by atoms with E-state index in [4.69, 9.17) is 0 Å². The van der Waals surface area contributed by atoms with E-state index >= 15 is 0 Å². The number of para-hydroxylation sites is 2. The second-order valence-corrected chi connectivity index (χ2v) is 3.79. The number of H-pyrrole nitrogens is 1. The fraction of sp³-hybridized carbons (Fsp3) is 0.0769. The predicted octanol–water partition coefficient (Wildman–Crippen LogP) is 2.93. The van der Waals surface area contributed by atoms with Gasteiger partial charge < -0.3 is 4.98 Å². The fourth-order valence-electron chi connectivity index (χ4n) is 1.82. The van der Waals surface area contributed by atoms with Gasteiger partial charge in [-0.1, -0.05) is 12.1 Å². The van der Waals surface area contributed by atoms with Gasteiger partial charge in [-0.2, -0.15) is 0 Å². The van der Waals surface area contributed by atoms with Gasteiger partial charge in [0.1, 0.15) is 5.82 Å². The molecule has 0 aliphatic heterocycles. The van der Waals surface area contributed by atoms with E-state index in [0.29, 0.717) is 0 Å². The van der Waals surface area contributed by atoms with Crippen molar-refractivity contribution in [2.24, 2.45) is 0 Å². The molecular weight excluding hydrogens is 198 g/mol. The highest BCUT2D eigenvalue weighted by atomic mass is 14.9. The van der Waals surface area contributed by atoms with Crippen molar-refractivity contribution < 1.29 is 0 Å². The van der Waals surface area contributed by atoms with Crippen LogP contribution in [0.1, 0.15) is 5.56 Å². The molecule has 3 rings (SSSR count). The zero-order chi connectivity index (χ0) is 11.0. The molecule has 0 amide bonds. The Morgan fingerprint density at radius 2 is 2.00 bits per heavy atom. The molecule has 0 aliphatic rings. The number of imidazole rings is 1. The fourth-order valence-corrected chi connectivity index (χ4v) is 1.82. The summed E-state index contributed by atoms with van der Waals surface area (Å²) < 4.78 is 0. The number of nitrogens with one attached hydrogen (secondary N) is 1. The molecule has 0 saturated carbocycles. The van der Waals surface area contributed by atoms with Crippen LogP contribution in [0.4, 0.5) is 0 Å². The zero-order valence-electron chi connectivity index (χ0n) is 8.94. The van der Waals surface area contributed by atoms with Gasteiger partial charge in [-0.05, 0) is 30.7 Å². The highest BCUT2D eigenvalue weighted by Crippen LogP contribution is 2.22. The second kappa shape index (κ2) is 3.45. The average molecular weight is 209 g/mol. The van der Waals surface area contributed by atoms with Crippen LogP contribution in [0.3, 0.4) is 0 Å². The van der Waals surface area contributed by atoms with Gasteiger partial charge in [-0.3, -0.25) is 4.98 Å². The maximum atomic E-state index is 4.56. The molecule has 0 bridgehead atoms. The molecule has 0 unspecified atom stereocenters. The van der Waals surface area contributed by atoms with Crippen molar-refractivity contribution in [3.8, 4) is 11.4 Å². The van der Waals surface area contributed by atoms with Crippen LogP contribution in [0.25, 0.3) is 22.4 Å². The lowest BCUT2D eigenvalue weighted by molar-refractivity contribution is 1.23. The van der Waals surface area contributed by atoms with Gasteiger partial charge in [-0.15, -0.1) is 0 Å².